The molecular weight excluding hydrogens is 528 g/mol. The third-order valence-corrected chi connectivity index (χ3v) is 7.93. The Morgan fingerprint density at radius 1 is 1.07 bits per heavy atom. The third-order valence-electron chi connectivity index (χ3n) is 6.79. The minimum atomic E-state index is -0.953. The van der Waals surface area contributed by atoms with Gasteiger partial charge in [-0.3, -0.25) is 14.5 Å². The molecule has 0 aliphatic carbocycles. The molecule has 0 spiro atoms. The summed E-state index contributed by atoms with van der Waals surface area (Å²) in [5.41, 5.74) is 2.30. The predicted molar refractivity (Wildman–Crippen MR) is 155 cm³/mol. The highest BCUT2D eigenvalue weighted by Gasteiger charge is 2.48. The first-order valence-electron chi connectivity index (χ1n) is 13.2. The van der Waals surface area contributed by atoms with Crippen LogP contribution < -0.4 is 9.64 Å². The Morgan fingerprint density at radius 3 is 2.30 bits per heavy atom. The quantitative estimate of drug-likeness (QED) is 0.112. The number of aromatic nitrogens is 1. The Bertz CT molecular complexity index is 1450. The lowest BCUT2D eigenvalue weighted by Gasteiger charge is -2.24. The zero-order valence-corrected chi connectivity index (χ0v) is 24.4. The second-order valence-corrected chi connectivity index (χ2v) is 11.6. The van der Waals surface area contributed by atoms with E-state index in [1.165, 1.54) is 12.0 Å². The summed E-state index contributed by atoms with van der Waals surface area (Å²) >= 11 is 0.968. The number of hydrogen-bond donors (Lipinski definition) is 1. The fourth-order valence-corrected chi connectivity index (χ4v) is 5.49. The Morgan fingerprint density at radius 2 is 1.73 bits per heavy atom. The highest BCUT2D eigenvalue weighted by molar-refractivity contribution is 7.17. The Balaban J connectivity index is 1.84. The van der Waals surface area contributed by atoms with Gasteiger partial charge in [-0.15, -0.1) is 0 Å². The molecule has 1 aliphatic heterocycles. The van der Waals surface area contributed by atoms with Gasteiger partial charge >= 0.3 is 11.9 Å². The van der Waals surface area contributed by atoms with E-state index < -0.39 is 23.7 Å². The molecule has 210 valence electrons. The van der Waals surface area contributed by atoms with Crippen molar-refractivity contribution in [2.75, 3.05) is 18.6 Å². The molecule has 4 rings (SSSR count). The van der Waals surface area contributed by atoms with E-state index in [1.807, 2.05) is 24.3 Å². The summed E-state index contributed by atoms with van der Waals surface area (Å²) in [7, 11) is 1.27. The number of benzene rings is 2. The van der Waals surface area contributed by atoms with Crippen LogP contribution in [0.15, 0.2) is 54.1 Å². The fourth-order valence-electron chi connectivity index (χ4n) is 4.48. The number of methoxy groups -OCH3 is 1. The number of Topliss-reactive ketones (excluding diaryl/α,β-unsaturated/α-hetero) is 1. The lowest BCUT2D eigenvalue weighted by molar-refractivity contribution is -0.132. The van der Waals surface area contributed by atoms with E-state index >= 15 is 0 Å². The smallest absolute Gasteiger partial charge is 0.350 e. The van der Waals surface area contributed by atoms with Crippen LogP contribution in [0.2, 0.25) is 0 Å². The van der Waals surface area contributed by atoms with E-state index in [2.05, 4.69) is 32.7 Å². The topological polar surface area (TPSA) is 106 Å². The summed E-state index contributed by atoms with van der Waals surface area (Å²) in [5, 5.41) is 11.6. The number of thiazole rings is 1. The molecule has 1 atom stereocenters. The number of rotatable bonds is 8. The molecule has 0 bridgehead atoms. The lowest BCUT2D eigenvalue weighted by Crippen LogP contribution is -2.29. The molecule has 8 nitrogen and oxygen atoms in total. The molecule has 0 radical (unpaired) electrons. The second-order valence-electron chi connectivity index (χ2n) is 10.7. The number of carbonyl (C=O) groups excluding carboxylic acids is 3. The van der Waals surface area contributed by atoms with Crippen LogP contribution in [0.3, 0.4) is 0 Å². The molecule has 1 saturated heterocycles. The largest absolute Gasteiger partial charge is 0.507 e. The SMILES string of the molecule is CCCCOc1ccc(/C(O)=C2\C(=O)C(=O)N(c3nc(C)c(C(=O)OC)s3)C2c2ccc(C(C)(C)C)cc2)cc1. The summed E-state index contributed by atoms with van der Waals surface area (Å²) in [6, 6.07) is 13.4. The molecule has 9 heteroatoms. The van der Waals surface area contributed by atoms with Gasteiger partial charge in [-0.25, -0.2) is 9.78 Å². The number of ether oxygens (including phenoxy) is 2. The minimum Gasteiger partial charge on any atom is -0.507 e. The molecule has 1 N–H and O–H groups in total. The highest BCUT2D eigenvalue weighted by atomic mass is 32.1. The zero-order valence-electron chi connectivity index (χ0n) is 23.6. The number of nitrogens with zero attached hydrogens (tertiary/aromatic N) is 2. The zero-order chi connectivity index (χ0) is 29.2. The Hall–Kier alpha value is -3.98. The molecule has 2 aromatic carbocycles. The van der Waals surface area contributed by atoms with Gasteiger partial charge in [-0.1, -0.05) is 69.7 Å². The molecule has 1 unspecified atom stereocenters. The maximum atomic E-state index is 13.5. The molecule has 1 fully saturated rings. The highest BCUT2D eigenvalue weighted by Crippen LogP contribution is 2.44. The number of aryl methyl sites for hydroxylation is 1. The number of anilines is 1. The van der Waals surface area contributed by atoms with E-state index in [1.54, 1.807) is 31.2 Å². The molecule has 40 heavy (non-hydrogen) atoms. The van der Waals surface area contributed by atoms with Crippen LogP contribution >= 0.6 is 11.3 Å². The van der Waals surface area contributed by atoms with Gasteiger partial charge in [0, 0.05) is 5.56 Å². The minimum absolute atomic E-state index is 0.0550. The molecule has 1 aliphatic rings. The first-order valence-corrected chi connectivity index (χ1v) is 14.0. The van der Waals surface area contributed by atoms with Crippen molar-refractivity contribution in [3.8, 4) is 5.75 Å². The van der Waals surface area contributed by atoms with Gasteiger partial charge in [-0.2, -0.15) is 0 Å². The molecule has 1 amide bonds. The summed E-state index contributed by atoms with van der Waals surface area (Å²) in [6.45, 7) is 10.6. The van der Waals surface area contributed by atoms with Gasteiger partial charge < -0.3 is 14.6 Å². The van der Waals surface area contributed by atoms with E-state index in [-0.39, 0.29) is 26.8 Å². The number of esters is 1. The van der Waals surface area contributed by atoms with Crippen LogP contribution in [-0.2, 0) is 19.7 Å². The number of hydrogen-bond acceptors (Lipinski definition) is 8. The maximum absolute atomic E-state index is 13.5. The van der Waals surface area contributed by atoms with Crippen molar-refractivity contribution < 1.29 is 29.0 Å². The molecule has 1 aromatic heterocycles. The van der Waals surface area contributed by atoms with Crippen molar-refractivity contribution in [1.82, 2.24) is 4.98 Å². The summed E-state index contributed by atoms with van der Waals surface area (Å²) in [4.78, 5) is 45.2. The van der Waals surface area contributed by atoms with E-state index in [9.17, 15) is 19.5 Å². The average molecular weight is 563 g/mol. The number of carbonyl (C=O) groups is 3. The molecular formula is C31H34N2O6S. The van der Waals surface area contributed by atoms with Crippen molar-refractivity contribution in [2.24, 2.45) is 0 Å². The van der Waals surface area contributed by atoms with Gasteiger partial charge in [0.25, 0.3) is 5.78 Å². The first kappa shape index (κ1) is 29.0. The second kappa shape index (κ2) is 11.6. The van der Waals surface area contributed by atoms with Crippen molar-refractivity contribution in [2.45, 2.75) is 58.9 Å². The fraction of sp³-hybridized carbons (Fsp3) is 0.355. The van der Waals surface area contributed by atoms with Crippen LogP contribution in [0.1, 0.15) is 78.6 Å². The van der Waals surface area contributed by atoms with Gasteiger partial charge in [0.2, 0.25) is 0 Å². The van der Waals surface area contributed by atoms with Crippen molar-refractivity contribution in [3.05, 3.63) is 81.4 Å². The van der Waals surface area contributed by atoms with Crippen molar-refractivity contribution >= 4 is 39.9 Å². The summed E-state index contributed by atoms with van der Waals surface area (Å²) in [5.74, 6) is -1.90. The number of amides is 1. The predicted octanol–water partition coefficient (Wildman–Crippen LogP) is 6.34. The van der Waals surface area contributed by atoms with Crippen LogP contribution in [0.5, 0.6) is 5.75 Å². The van der Waals surface area contributed by atoms with Crippen LogP contribution in [0.4, 0.5) is 5.13 Å². The van der Waals surface area contributed by atoms with E-state index in [4.69, 9.17) is 9.47 Å². The van der Waals surface area contributed by atoms with Crippen molar-refractivity contribution in [1.29, 1.82) is 0 Å². The van der Waals surface area contributed by atoms with Gasteiger partial charge in [0.15, 0.2) is 5.13 Å². The summed E-state index contributed by atoms with van der Waals surface area (Å²) < 4.78 is 10.6. The molecule has 3 aromatic rings. The standard InChI is InChI=1S/C31H34N2O6S/c1-7-8-17-39-22-15-11-20(12-16-22)25(34)23-24(19-9-13-21(14-10-19)31(3,4)5)33(28(36)26(23)35)30-32-18(2)27(40-30)29(37)38-6/h9-16,24,34H,7-8,17H2,1-6H3/b25-23+. The number of aliphatic hydroxyl groups excluding tert-OH is 1. The first-order chi connectivity index (χ1) is 19.0. The van der Waals surface area contributed by atoms with Gasteiger partial charge in [0.1, 0.15) is 16.4 Å². The molecule has 2 heterocycles. The van der Waals surface area contributed by atoms with Crippen LogP contribution in [0.25, 0.3) is 5.76 Å². The normalized spacial score (nSPS) is 16.9. The number of unbranched alkanes of at least 4 members (excludes halogenated alkanes) is 1. The van der Waals surface area contributed by atoms with Crippen molar-refractivity contribution in [3.63, 3.8) is 0 Å². The van der Waals surface area contributed by atoms with Crippen LogP contribution in [-0.4, -0.2) is 41.5 Å². The average Bonchev–Trinajstić information content (AvgIpc) is 3.44. The van der Waals surface area contributed by atoms with E-state index in [0.29, 0.717) is 29.2 Å². The number of ketones is 1. The van der Waals surface area contributed by atoms with E-state index in [0.717, 1.165) is 29.7 Å². The van der Waals surface area contributed by atoms with Crippen LogP contribution in [0, 0.1) is 6.92 Å². The van der Waals surface area contributed by atoms with Gasteiger partial charge in [-0.05, 0) is 54.2 Å². The lowest BCUT2D eigenvalue weighted by atomic mass is 9.85. The molecule has 0 saturated carbocycles. The number of aliphatic hydroxyl groups is 1. The maximum Gasteiger partial charge on any atom is 0.350 e. The Labute approximate surface area is 238 Å². The Kier molecular flexibility index (Phi) is 8.44. The summed E-state index contributed by atoms with van der Waals surface area (Å²) in [6.07, 6.45) is 1.93. The monoisotopic (exact) mass is 562 g/mol. The third kappa shape index (κ3) is 5.65. The van der Waals surface area contributed by atoms with Gasteiger partial charge in [0.05, 0.1) is 31.0 Å².